The summed E-state index contributed by atoms with van der Waals surface area (Å²) in [5.41, 5.74) is 3.57. The maximum absolute atomic E-state index is 12.8. The molecule has 3 aromatic rings. The summed E-state index contributed by atoms with van der Waals surface area (Å²) in [7, 11) is 1.72. The van der Waals surface area contributed by atoms with E-state index in [1.165, 1.54) is 0 Å². The molecule has 0 radical (unpaired) electrons. The molecule has 0 saturated carbocycles. The van der Waals surface area contributed by atoms with Crippen molar-refractivity contribution < 1.29 is 14.3 Å². The molecule has 0 bridgehead atoms. The van der Waals surface area contributed by atoms with Crippen molar-refractivity contribution in [1.82, 2.24) is 0 Å². The van der Waals surface area contributed by atoms with E-state index in [2.05, 4.69) is 5.32 Å². The minimum Gasteiger partial charge on any atom is -0.484 e. The molecule has 0 atom stereocenters. The lowest BCUT2D eigenvalue weighted by Crippen LogP contribution is -2.26. The second-order valence-corrected chi connectivity index (χ2v) is 7.37. The van der Waals surface area contributed by atoms with E-state index in [4.69, 9.17) is 16.3 Å². The summed E-state index contributed by atoms with van der Waals surface area (Å²) < 4.78 is 5.58. The Balaban J connectivity index is 1.63. The number of benzene rings is 3. The summed E-state index contributed by atoms with van der Waals surface area (Å²) in [5, 5.41) is 3.45. The molecule has 154 valence electrons. The van der Waals surface area contributed by atoms with Crippen LogP contribution in [0, 0.1) is 13.8 Å². The number of ether oxygens (including phenoxy) is 1. The van der Waals surface area contributed by atoms with Crippen LogP contribution in [0.15, 0.2) is 66.7 Å². The van der Waals surface area contributed by atoms with Crippen molar-refractivity contribution in [2.45, 2.75) is 13.8 Å². The van der Waals surface area contributed by atoms with Gasteiger partial charge in [-0.2, -0.15) is 0 Å². The predicted molar refractivity (Wildman–Crippen MR) is 121 cm³/mol. The van der Waals surface area contributed by atoms with Crippen molar-refractivity contribution >= 4 is 34.8 Å². The molecule has 0 aromatic heterocycles. The van der Waals surface area contributed by atoms with Gasteiger partial charge in [0.05, 0.1) is 0 Å². The summed E-state index contributed by atoms with van der Waals surface area (Å²) >= 11 is 6.16. The number of nitrogens with one attached hydrogen (secondary N) is 1. The van der Waals surface area contributed by atoms with Crippen molar-refractivity contribution in [2.75, 3.05) is 23.9 Å². The van der Waals surface area contributed by atoms with Crippen molar-refractivity contribution in [3.8, 4) is 5.75 Å². The van der Waals surface area contributed by atoms with Crippen LogP contribution in [0.4, 0.5) is 11.4 Å². The molecule has 0 fully saturated rings. The molecule has 0 aliphatic carbocycles. The van der Waals surface area contributed by atoms with Crippen LogP contribution in [0.25, 0.3) is 0 Å². The number of para-hydroxylation sites is 1. The molecule has 3 rings (SSSR count). The van der Waals surface area contributed by atoms with Gasteiger partial charge in [0, 0.05) is 29.0 Å². The van der Waals surface area contributed by atoms with E-state index in [-0.39, 0.29) is 18.4 Å². The zero-order chi connectivity index (χ0) is 21.7. The van der Waals surface area contributed by atoms with Crippen LogP contribution in [-0.4, -0.2) is 25.5 Å². The number of carbonyl (C=O) groups is 2. The number of aryl methyl sites for hydroxylation is 2. The van der Waals surface area contributed by atoms with Crippen molar-refractivity contribution in [2.24, 2.45) is 0 Å². The molecule has 1 N–H and O–H groups in total. The van der Waals surface area contributed by atoms with E-state index in [9.17, 15) is 9.59 Å². The van der Waals surface area contributed by atoms with Crippen LogP contribution in [-0.2, 0) is 4.79 Å². The Kier molecular flexibility index (Phi) is 6.75. The topological polar surface area (TPSA) is 58.6 Å². The first-order valence-electron chi connectivity index (χ1n) is 9.47. The Labute approximate surface area is 181 Å². The Bertz CT molecular complexity index is 1040. The number of rotatable bonds is 6. The lowest BCUT2D eigenvalue weighted by atomic mass is 10.1. The van der Waals surface area contributed by atoms with Gasteiger partial charge in [0.25, 0.3) is 11.8 Å². The molecule has 0 heterocycles. The largest absolute Gasteiger partial charge is 0.484 e. The summed E-state index contributed by atoms with van der Waals surface area (Å²) in [6.07, 6.45) is 0. The lowest BCUT2D eigenvalue weighted by Gasteiger charge is -2.17. The van der Waals surface area contributed by atoms with Gasteiger partial charge in [0.1, 0.15) is 5.75 Å². The fourth-order valence-corrected chi connectivity index (χ4v) is 3.14. The number of anilines is 2. The smallest absolute Gasteiger partial charge is 0.262 e. The first-order valence-corrected chi connectivity index (χ1v) is 9.85. The number of hydrogen-bond donors (Lipinski definition) is 1. The van der Waals surface area contributed by atoms with Crippen LogP contribution in [0.3, 0.4) is 0 Å². The Hall–Kier alpha value is -3.31. The minimum absolute atomic E-state index is 0.150. The fourth-order valence-electron chi connectivity index (χ4n) is 3.03. The maximum Gasteiger partial charge on any atom is 0.262 e. The van der Waals surface area contributed by atoms with Crippen molar-refractivity contribution in [3.63, 3.8) is 0 Å². The SMILES string of the molecule is Cc1cc(OCC(=O)Nc2cccc(C(=O)N(C)c3ccccc3)c2)cc(C)c1Cl. The van der Waals surface area contributed by atoms with E-state index in [1.807, 2.05) is 44.2 Å². The molecule has 5 nitrogen and oxygen atoms in total. The quantitative estimate of drug-likeness (QED) is 0.590. The first-order chi connectivity index (χ1) is 14.3. The van der Waals surface area contributed by atoms with Gasteiger partial charge in [-0.1, -0.05) is 35.9 Å². The van der Waals surface area contributed by atoms with Crippen LogP contribution in [0.2, 0.25) is 5.02 Å². The van der Waals surface area contributed by atoms with E-state index in [0.717, 1.165) is 16.8 Å². The monoisotopic (exact) mass is 422 g/mol. The third-order valence-electron chi connectivity index (χ3n) is 4.62. The second kappa shape index (κ2) is 9.46. The molecule has 6 heteroatoms. The number of carbonyl (C=O) groups excluding carboxylic acids is 2. The van der Waals surface area contributed by atoms with Crippen LogP contribution in [0.5, 0.6) is 5.75 Å². The molecular formula is C24H23ClN2O3. The molecule has 30 heavy (non-hydrogen) atoms. The summed E-state index contributed by atoms with van der Waals surface area (Å²) in [6.45, 7) is 3.62. The van der Waals surface area contributed by atoms with Gasteiger partial charge >= 0.3 is 0 Å². The number of nitrogens with zero attached hydrogens (tertiary/aromatic N) is 1. The lowest BCUT2D eigenvalue weighted by molar-refractivity contribution is -0.118. The van der Waals surface area contributed by atoms with E-state index in [0.29, 0.717) is 22.0 Å². The molecule has 2 amide bonds. The average Bonchev–Trinajstić information content (AvgIpc) is 2.75. The maximum atomic E-state index is 12.8. The highest BCUT2D eigenvalue weighted by molar-refractivity contribution is 6.32. The Morgan fingerprint density at radius 1 is 0.967 bits per heavy atom. The van der Waals surface area contributed by atoms with Crippen molar-refractivity contribution in [1.29, 1.82) is 0 Å². The van der Waals surface area contributed by atoms with Gasteiger partial charge in [-0.3, -0.25) is 9.59 Å². The predicted octanol–water partition coefficient (Wildman–Crippen LogP) is 5.25. The summed E-state index contributed by atoms with van der Waals surface area (Å²) in [6, 6.07) is 19.8. The highest BCUT2D eigenvalue weighted by atomic mass is 35.5. The minimum atomic E-state index is -0.318. The van der Waals surface area contributed by atoms with E-state index < -0.39 is 0 Å². The highest BCUT2D eigenvalue weighted by Gasteiger charge is 2.14. The average molecular weight is 423 g/mol. The van der Waals surface area contributed by atoms with Gasteiger partial charge in [-0.25, -0.2) is 0 Å². The van der Waals surface area contributed by atoms with Gasteiger partial charge in [0.2, 0.25) is 0 Å². The second-order valence-electron chi connectivity index (χ2n) is 6.99. The molecule has 0 saturated heterocycles. The zero-order valence-electron chi connectivity index (χ0n) is 17.1. The van der Waals surface area contributed by atoms with Crippen molar-refractivity contribution in [3.05, 3.63) is 88.4 Å². The number of hydrogen-bond acceptors (Lipinski definition) is 3. The fraction of sp³-hybridized carbons (Fsp3) is 0.167. The summed E-state index contributed by atoms with van der Waals surface area (Å²) in [5.74, 6) is 0.0971. The first kappa shape index (κ1) is 21.4. The number of halogens is 1. The highest BCUT2D eigenvalue weighted by Crippen LogP contribution is 2.26. The molecule has 0 unspecified atom stereocenters. The van der Waals surface area contributed by atoms with Gasteiger partial charge < -0.3 is 15.0 Å². The van der Waals surface area contributed by atoms with Gasteiger partial charge in [-0.05, 0) is 67.4 Å². The Morgan fingerprint density at radius 2 is 1.63 bits per heavy atom. The van der Waals surface area contributed by atoms with E-state index >= 15 is 0 Å². The van der Waals surface area contributed by atoms with Gasteiger partial charge in [0.15, 0.2) is 6.61 Å². The van der Waals surface area contributed by atoms with E-state index in [1.54, 1.807) is 48.3 Å². The molecule has 0 aliphatic rings. The zero-order valence-corrected chi connectivity index (χ0v) is 17.9. The molecule has 0 aliphatic heterocycles. The van der Waals surface area contributed by atoms with Crippen LogP contribution < -0.4 is 15.0 Å². The third-order valence-corrected chi connectivity index (χ3v) is 5.22. The number of amides is 2. The van der Waals surface area contributed by atoms with Crippen LogP contribution in [0.1, 0.15) is 21.5 Å². The van der Waals surface area contributed by atoms with Gasteiger partial charge in [-0.15, -0.1) is 0 Å². The normalized spacial score (nSPS) is 10.4. The Morgan fingerprint density at radius 3 is 2.30 bits per heavy atom. The molecule has 3 aromatic carbocycles. The summed E-state index contributed by atoms with van der Waals surface area (Å²) in [4.78, 5) is 26.6. The molecular weight excluding hydrogens is 400 g/mol. The standard InChI is InChI=1S/C24H23ClN2O3/c1-16-12-21(13-17(2)23(16)25)30-15-22(28)26-19-9-7-8-18(14-19)24(29)27(3)20-10-5-4-6-11-20/h4-14H,15H2,1-3H3,(H,26,28). The molecule has 0 spiro atoms. The van der Waals surface area contributed by atoms with Crippen LogP contribution >= 0.6 is 11.6 Å². The third kappa shape index (κ3) is 5.19.